The Morgan fingerprint density at radius 2 is 1.94 bits per heavy atom. The fourth-order valence-electron chi connectivity index (χ4n) is 7.18. The zero-order chi connectivity index (χ0) is 25.3. The second-order valence-electron chi connectivity index (χ2n) is 12.0. The van der Waals surface area contributed by atoms with Gasteiger partial charge in [-0.15, -0.1) is 0 Å². The molecule has 2 saturated carbocycles. The van der Waals surface area contributed by atoms with Crippen LogP contribution in [-0.4, -0.2) is 71.8 Å². The van der Waals surface area contributed by atoms with Crippen LogP contribution in [0.1, 0.15) is 57.2 Å². The second-order valence-corrected chi connectivity index (χ2v) is 12.0. The van der Waals surface area contributed by atoms with Gasteiger partial charge in [-0.1, -0.05) is 6.07 Å². The van der Waals surface area contributed by atoms with E-state index in [0.717, 1.165) is 57.4 Å². The van der Waals surface area contributed by atoms with Crippen molar-refractivity contribution in [1.29, 1.82) is 0 Å². The number of nitrogens with zero attached hydrogens (tertiary/aromatic N) is 3. The van der Waals surface area contributed by atoms with Crippen LogP contribution in [0.5, 0.6) is 0 Å². The van der Waals surface area contributed by atoms with Gasteiger partial charge in [-0.2, -0.15) is 13.2 Å². The lowest BCUT2D eigenvalue weighted by atomic mass is 9.56. The molecule has 0 bridgehead atoms. The van der Waals surface area contributed by atoms with Gasteiger partial charge >= 0.3 is 6.18 Å². The van der Waals surface area contributed by atoms with Crippen molar-refractivity contribution >= 4 is 5.91 Å². The monoisotopic (exact) mass is 504 g/mol. The number of aromatic nitrogens is 1. The van der Waals surface area contributed by atoms with Gasteiger partial charge in [0.2, 0.25) is 5.91 Å². The number of alkyl halides is 3. The zero-order valence-corrected chi connectivity index (χ0v) is 21.0. The summed E-state index contributed by atoms with van der Waals surface area (Å²) in [6, 6.07) is 3.49. The summed E-state index contributed by atoms with van der Waals surface area (Å²) in [4.78, 5) is 20.9. The SMILES string of the molecule is CC(C)=C(N1CC[C@@H]2OCC(=O)N[C@@H]2C1)N1CC2(CC(Cc3ccc(C4(C(F)(F)F)CC4)nc3)C2)C1. The van der Waals surface area contributed by atoms with Gasteiger partial charge < -0.3 is 19.9 Å². The minimum Gasteiger partial charge on any atom is -0.366 e. The number of piperidine rings is 1. The van der Waals surface area contributed by atoms with E-state index in [1.165, 1.54) is 11.4 Å². The summed E-state index contributed by atoms with van der Waals surface area (Å²) in [5.41, 5.74) is 1.16. The molecular weight excluding hydrogens is 469 g/mol. The van der Waals surface area contributed by atoms with E-state index in [1.807, 2.05) is 6.07 Å². The number of nitrogens with one attached hydrogen (secondary N) is 1. The van der Waals surface area contributed by atoms with E-state index in [0.29, 0.717) is 11.3 Å². The van der Waals surface area contributed by atoms with Crippen LogP contribution in [0.25, 0.3) is 0 Å². The number of carbonyl (C=O) groups excluding carboxylic acids is 1. The van der Waals surface area contributed by atoms with Crippen molar-refractivity contribution in [2.24, 2.45) is 11.3 Å². The largest absolute Gasteiger partial charge is 0.399 e. The topological polar surface area (TPSA) is 57.7 Å². The Hall–Kier alpha value is -2.29. The summed E-state index contributed by atoms with van der Waals surface area (Å²) in [7, 11) is 0. The molecule has 1 aromatic rings. The maximum Gasteiger partial charge on any atom is 0.399 e. The third-order valence-corrected chi connectivity index (χ3v) is 9.00. The number of ether oxygens (including phenoxy) is 1. The van der Waals surface area contributed by atoms with Crippen molar-refractivity contribution in [3.8, 4) is 0 Å². The number of amides is 1. The van der Waals surface area contributed by atoms with Crippen molar-refractivity contribution in [1.82, 2.24) is 20.1 Å². The van der Waals surface area contributed by atoms with E-state index >= 15 is 0 Å². The van der Waals surface area contributed by atoms with Crippen molar-refractivity contribution in [3.05, 3.63) is 41.0 Å². The summed E-state index contributed by atoms with van der Waals surface area (Å²) in [5, 5.41) is 3.10. The molecule has 1 aromatic heterocycles. The normalized spacial score (nSPS) is 28.6. The number of fused-ring (bicyclic) bond motifs is 1. The molecule has 9 heteroatoms. The standard InChI is InChI=1S/C27H35F3N4O2/c1-17(2)24(33-8-5-21-20(13-33)32-23(35)14-36-21)34-15-25(16-34)10-19(11-25)9-18-3-4-22(31-12-18)26(6-7-26)27(28,29)30/h3-4,12,19-21H,5-11,13-16H2,1-2H3,(H,32,35)/t20-,21+/m1/s1. The molecule has 0 unspecified atom stereocenters. The third kappa shape index (κ3) is 4.07. The third-order valence-electron chi connectivity index (χ3n) is 9.00. The first-order valence-electron chi connectivity index (χ1n) is 13.2. The molecule has 2 aliphatic carbocycles. The number of hydrogen-bond donors (Lipinski definition) is 1. The molecule has 4 heterocycles. The summed E-state index contributed by atoms with van der Waals surface area (Å²) in [6.45, 7) is 8.29. The maximum absolute atomic E-state index is 13.4. The molecule has 6 rings (SSSR count). The number of halogens is 3. The van der Waals surface area contributed by atoms with Crippen molar-refractivity contribution < 1.29 is 22.7 Å². The first kappa shape index (κ1) is 24.1. The summed E-state index contributed by atoms with van der Waals surface area (Å²) >= 11 is 0. The number of likely N-dealkylation sites (tertiary alicyclic amines) is 2. The van der Waals surface area contributed by atoms with Crippen LogP contribution in [0.15, 0.2) is 29.7 Å². The first-order chi connectivity index (χ1) is 17.1. The number of hydrogen-bond acceptors (Lipinski definition) is 5. The predicted molar refractivity (Wildman–Crippen MR) is 128 cm³/mol. The lowest BCUT2D eigenvalue weighted by Crippen LogP contribution is -2.65. The molecule has 5 fully saturated rings. The average Bonchev–Trinajstić information content (AvgIpc) is 3.58. The highest BCUT2D eigenvalue weighted by Gasteiger charge is 2.65. The van der Waals surface area contributed by atoms with Crippen LogP contribution in [-0.2, 0) is 21.4 Å². The van der Waals surface area contributed by atoms with Gasteiger partial charge in [0.15, 0.2) is 0 Å². The van der Waals surface area contributed by atoms with Crippen LogP contribution in [0.4, 0.5) is 13.2 Å². The molecule has 1 amide bonds. The highest BCUT2D eigenvalue weighted by atomic mass is 19.4. The molecule has 1 N–H and O–H groups in total. The van der Waals surface area contributed by atoms with Crippen LogP contribution in [0.3, 0.4) is 0 Å². The van der Waals surface area contributed by atoms with E-state index < -0.39 is 11.6 Å². The van der Waals surface area contributed by atoms with Crippen LogP contribution < -0.4 is 5.32 Å². The first-order valence-corrected chi connectivity index (χ1v) is 13.2. The smallest absolute Gasteiger partial charge is 0.366 e. The van der Waals surface area contributed by atoms with Crippen LogP contribution >= 0.6 is 0 Å². The van der Waals surface area contributed by atoms with Crippen molar-refractivity contribution in [2.75, 3.05) is 32.8 Å². The molecule has 36 heavy (non-hydrogen) atoms. The molecule has 3 aliphatic heterocycles. The molecule has 3 saturated heterocycles. The average molecular weight is 505 g/mol. The number of carbonyl (C=O) groups is 1. The minimum atomic E-state index is -4.21. The van der Waals surface area contributed by atoms with E-state index in [1.54, 1.807) is 12.3 Å². The lowest BCUT2D eigenvalue weighted by Gasteiger charge is -2.62. The van der Waals surface area contributed by atoms with E-state index in [4.69, 9.17) is 4.74 Å². The van der Waals surface area contributed by atoms with Gasteiger partial charge in [0.05, 0.1) is 17.8 Å². The van der Waals surface area contributed by atoms with Gasteiger partial charge in [-0.05, 0) is 75.5 Å². The Bertz CT molecular complexity index is 1050. The van der Waals surface area contributed by atoms with E-state index in [2.05, 4.69) is 33.9 Å². The second kappa shape index (κ2) is 8.36. The molecular formula is C27H35F3N4O2. The minimum absolute atomic E-state index is 0.0301. The number of rotatable bonds is 5. The Morgan fingerprint density at radius 1 is 1.19 bits per heavy atom. The quantitative estimate of drug-likeness (QED) is 0.662. The Kier molecular flexibility index (Phi) is 5.59. The fourth-order valence-corrected chi connectivity index (χ4v) is 7.18. The van der Waals surface area contributed by atoms with Gasteiger partial charge in [0.1, 0.15) is 17.8 Å². The van der Waals surface area contributed by atoms with E-state index in [-0.39, 0.29) is 43.2 Å². The maximum atomic E-state index is 13.4. The molecule has 1 spiro atoms. The van der Waals surface area contributed by atoms with Gasteiger partial charge in [-0.25, -0.2) is 0 Å². The van der Waals surface area contributed by atoms with E-state index in [9.17, 15) is 18.0 Å². The molecule has 0 radical (unpaired) electrons. The highest BCUT2D eigenvalue weighted by Crippen LogP contribution is 2.58. The molecule has 5 aliphatic rings. The Morgan fingerprint density at radius 3 is 2.56 bits per heavy atom. The van der Waals surface area contributed by atoms with Crippen LogP contribution in [0.2, 0.25) is 0 Å². The summed E-state index contributed by atoms with van der Waals surface area (Å²) in [5.74, 6) is 1.83. The number of pyridine rings is 1. The predicted octanol–water partition coefficient (Wildman–Crippen LogP) is 3.77. The van der Waals surface area contributed by atoms with Crippen LogP contribution in [0, 0.1) is 11.3 Å². The molecule has 2 atom stereocenters. The summed E-state index contributed by atoms with van der Waals surface area (Å²) < 4.78 is 45.8. The lowest BCUT2D eigenvalue weighted by molar-refractivity contribution is -0.161. The Labute approximate surface area is 210 Å². The molecule has 6 nitrogen and oxygen atoms in total. The van der Waals surface area contributed by atoms with Crippen molar-refractivity contribution in [3.63, 3.8) is 0 Å². The molecule has 0 aromatic carbocycles. The highest BCUT2D eigenvalue weighted by molar-refractivity contribution is 5.78. The van der Waals surface area contributed by atoms with Gasteiger partial charge in [-0.3, -0.25) is 9.78 Å². The zero-order valence-electron chi connectivity index (χ0n) is 21.0. The number of morpholine rings is 1. The van der Waals surface area contributed by atoms with Gasteiger partial charge in [0, 0.05) is 37.8 Å². The van der Waals surface area contributed by atoms with Gasteiger partial charge in [0.25, 0.3) is 0 Å². The van der Waals surface area contributed by atoms with Crippen molar-refractivity contribution in [2.45, 2.75) is 76.1 Å². The summed E-state index contributed by atoms with van der Waals surface area (Å²) in [6.07, 6.45) is 1.98. The number of allylic oxidation sites excluding steroid dienone is 1. The Balaban J connectivity index is 1.02. The fraction of sp³-hybridized carbons (Fsp3) is 0.704. The molecule has 196 valence electrons.